The molecule has 0 saturated heterocycles. The van der Waals surface area contributed by atoms with E-state index < -0.39 is 5.97 Å². The van der Waals surface area contributed by atoms with Gasteiger partial charge in [-0.15, -0.1) is 0 Å². The lowest BCUT2D eigenvalue weighted by molar-refractivity contribution is -0.118. The van der Waals surface area contributed by atoms with E-state index in [0.29, 0.717) is 19.4 Å². The molecule has 0 aliphatic rings. The molecule has 3 rings (SSSR count). The number of carboxylic acids is 1. The van der Waals surface area contributed by atoms with Gasteiger partial charge < -0.3 is 10.8 Å². The van der Waals surface area contributed by atoms with Crippen molar-refractivity contribution in [3.63, 3.8) is 0 Å². The lowest BCUT2D eigenvalue weighted by Gasteiger charge is -2.06. The molecule has 0 unspecified atom stereocenters. The molecule has 29 heavy (non-hydrogen) atoms. The molecule has 0 radical (unpaired) electrons. The number of Topliss-reactive ketones (excluding diaryl/α,β-unsaturated/α-hetero) is 1. The number of hydrogen-bond acceptors (Lipinski definition) is 3. The molecule has 0 atom stereocenters. The number of carbonyl (C=O) groups is 2. The summed E-state index contributed by atoms with van der Waals surface area (Å²) in [6.45, 7) is 0.700. The van der Waals surface area contributed by atoms with Crippen molar-refractivity contribution in [3.05, 3.63) is 82.9 Å². The molecular weight excluding hydrogens is 362 g/mol. The number of aryl methyl sites for hydroxylation is 2. The van der Waals surface area contributed by atoms with E-state index in [1.807, 2.05) is 18.2 Å². The van der Waals surface area contributed by atoms with Crippen LogP contribution in [0.4, 0.5) is 0 Å². The van der Waals surface area contributed by atoms with Crippen LogP contribution in [0.5, 0.6) is 0 Å². The average Bonchev–Trinajstić information content (AvgIpc) is 2.72. The van der Waals surface area contributed by atoms with Gasteiger partial charge in [0.25, 0.3) is 0 Å². The van der Waals surface area contributed by atoms with Gasteiger partial charge in [-0.2, -0.15) is 0 Å². The van der Waals surface area contributed by atoms with Gasteiger partial charge in [0, 0.05) is 12.8 Å². The standard InChI is InChI=1S/C25H27NO3/c26-13-3-7-19-5-1-4-18(14-19)6-2-8-24(27)16-20-9-10-21-11-12-22(25(28)29)17-23(21)15-20/h1,4-5,9-12,14-15,17H,2-3,6-8,13,16,26H2,(H,28,29). The number of nitrogens with two attached hydrogens (primary N) is 1. The zero-order chi connectivity index (χ0) is 20.6. The lowest BCUT2D eigenvalue weighted by atomic mass is 9.98. The van der Waals surface area contributed by atoms with Gasteiger partial charge in [-0.1, -0.05) is 48.5 Å². The molecule has 150 valence electrons. The molecule has 0 aliphatic heterocycles. The summed E-state index contributed by atoms with van der Waals surface area (Å²) in [5, 5.41) is 11.0. The maximum atomic E-state index is 12.4. The van der Waals surface area contributed by atoms with Crippen molar-refractivity contribution in [2.75, 3.05) is 6.54 Å². The minimum absolute atomic E-state index is 0.207. The van der Waals surface area contributed by atoms with Crippen LogP contribution in [0.2, 0.25) is 0 Å². The Morgan fingerprint density at radius 2 is 1.52 bits per heavy atom. The highest BCUT2D eigenvalue weighted by Crippen LogP contribution is 2.19. The lowest BCUT2D eigenvalue weighted by Crippen LogP contribution is -2.04. The van der Waals surface area contributed by atoms with Crippen molar-refractivity contribution in [3.8, 4) is 0 Å². The van der Waals surface area contributed by atoms with Crippen LogP contribution in [0.25, 0.3) is 10.8 Å². The fourth-order valence-corrected chi connectivity index (χ4v) is 3.59. The maximum Gasteiger partial charge on any atom is 0.335 e. The van der Waals surface area contributed by atoms with E-state index in [2.05, 4.69) is 24.3 Å². The Labute approximate surface area is 171 Å². The van der Waals surface area contributed by atoms with Gasteiger partial charge in [0.15, 0.2) is 0 Å². The molecule has 3 aromatic rings. The summed E-state index contributed by atoms with van der Waals surface area (Å²) in [7, 11) is 0. The summed E-state index contributed by atoms with van der Waals surface area (Å²) in [4.78, 5) is 23.6. The number of benzene rings is 3. The monoisotopic (exact) mass is 389 g/mol. The van der Waals surface area contributed by atoms with Crippen molar-refractivity contribution in [2.24, 2.45) is 5.73 Å². The highest BCUT2D eigenvalue weighted by atomic mass is 16.4. The Kier molecular flexibility index (Phi) is 7.14. The number of hydrogen-bond donors (Lipinski definition) is 2. The summed E-state index contributed by atoms with van der Waals surface area (Å²) in [5.41, 5.74) is 9.33. The highest BCUT2D eigenvalue weighted by molar-refractivity contribution is 5.95. The van der Waals surface area contributed by atoms with Crippen molar-refractivity contribution in [2.45, 2.75) is 38.5 Å². The van der Waals surface area contributed by atoms with Crippen LogP contribution in [-0.4, -0.2) is 23.4 Å². The first-order valence-electron chi connectivity index (χ1n) is 10.1. The van der Waals surface area contributed by atoms with Crippen LogP contribution in [0.3, 0.4) is 0 Å². The van der Waals surface area contributed by atoms with Gasteiger partial charge in [0.2, 0.25) is 0 Å². The first-order valence-corrected chi connectivity index (χ1v) is 10.1. The number of carboxylic acid groups (broad SMARTS) is 1. The van der Waals surface area contributed by atoms with E-state index in [-0.39, 0.29) is 11.3 Å². The van der Waals surface area contributed by atoms with E-state index in [1.165, 1.54) is 11.1 Å². The predicted molar refractivity (Wildman–Crippen MR) is 116 cm³/mol. The minimum Gasteiger partial charge on any atom is -0.478 e. The Balaban J connectivity index is 1.54. The Hall–Kier alpha value is -2.98. The van der Waals surface area contributed by atoms with E-state index in [0.717, 1.165) is 42.0 Å². The van der Waals surface area contributed by atoms with Crippen molar-refractivity contribution >= 4 is 22.5 Å². The van der Waals surface area contributed by atoms with Gasteiger partial charge >= 0.3 is 5.97 Å². The smallest absolute Gasteiger partial charge is 0.335 e. The zero-order valence-electron chi connectivity index (χ0n) is 16.6. The number of ketones is 1. The SMILES string of the molecule is NCCCc1cccc(CCCC(=O)Cc2ccc3ccc(C(=O)O)cc3c2)c1. The fourth-order valence-electron chi connectivity index (χ4n) is 3.59. The maximum absolute atomic E-state index is 12.4. The summed E-state index contributed by atoms with van der Waals surface area (Å²) in [6, 6.07) is 19.4. The van der Waals surface area contributed by atoms with Gasteiger partial charge in [-0.25, -0.2) is 4.79 Å². The van der Waals surface area contributed by atoms with Crippen molar-refractivity contribution in [1.29, 1.82) is 0 Å². The van der Waals surface area contributed by atoms with E-state index >= 15 is 0 Å². The third-order valence-corrected chi connectivity index (χ3v) is 5.13. The van der Waals surface area contributed by atoms with E-state index in [9.17, 15) is 9.59 Å². The van der Waals surface area contributed by atoms with Crippen LogP contribution in [-0.2, 0) is 24.1 Å². The number of carbonyl (C=O) groups excluding carboxylic acids is 1. The second kappa shape index (κ2) is 9.99. The second-order valence-corrected chi connectivity index (χ2v) is 7.48. The molecule has 0 spiro atoms. The molecule has 4 heteroatoms. The average molecular weight is 389 g/mol. The summed E-state index contributed by atoms with van der Waals surface area (Å²) < 4.78 is 0. The van der Waals surface area contributed by atoms with Gasteiger partial charge in [0.05, 0.1) is 5.56 Å². The zero-order valence-corrected chi connectivity index (χ0v) is 16.6. The number of rotatable bonds is 10. The molecule has 3 N–H and O–H groups in total. The van der Waals surface area contributed by atoms with Gasteiger partial charge in [-0.3, -0.25) is 4.79 Å². The van der Waals surface area contributed by atoms with E-state index in [4.69, 9.17) is 10.8 Å². The van der Waals surface area contributed by atoms with Crippen molar-refractivity contribution < 1.29 is 14.7 Å². The Morgan fingerprint density at radius 3 is 2.24 bits per heavy atom. The fraction of sp³-hybridized carbons (Fsp3) is 0.280. The molecule has 0 bridgehead atoms. The Bertz CT molecular complexity index is 1010. The third kappa shape index (κ3) is 6.00. The Morgan fingerprint density at radius 1 is 0.793 bits per heavy atom. The predicted octanol–water partition coefficient (Wildman–Crippen LogP) is 4.56. The van der Waals surface area contributed by atoms with Gasteiger partial charge in [0.1, 0.15) is 5.78 Å². The minimum atomic E-state index is -0.944. The molecule has 4 nitrogen and oxygen atoms in total. The van der Waals surface area contributed by atoms with E-state index in [1.54, 1.807) is 18.2 Å². The molecule has 0 fully saturated rings. The van der Waals surface area contributed by atoms with Crippen LogP contribution in [0, 0.1) is 0 Å². The van der Waals surface area contributed by atoms with Crippen molar-refractivity contribution in [1.82, 2.24) is 0 Å². The first-order chi connectivity index (χ1) is 14.0. The molecule has 0 aliphatic carbocycles. The van der Waals surface area contributed by atoms with Crippen LogP contribution >= 0.6 is 0 Å². The van der Waals surface area contributed by atoms with Crippen LogP contribution in [0.1, 0.15) is 46.3 Å². The second-order valence-electron chi connectivity index (χ2n) is 7.48. The largest absolute Gasteiger partial charge is 0.478 e. The first kappa shape index (κ1) is 20.7. The number of fused-ring (bicyclic) bond motifs is 1. The quantitative estimate of drug-likeness (QED) is 0.532. The number of aromatic carboxylic acids is 1. The molecule has 3 aromatic carbocycles. The molecule has 0 aromatic heterocycles. The van der Waals surface area contributed by atoms with Crippen LogP contribution in [0.15, 0.2) is 60.7 Å². The normalized spacial score (nSPS) is 10.9. The summed E-state index contributed by atoms with van der Waals surface area (Å²) in [5.74, 6) is -0.737. The third-order valence-electron chi connectivity index (χ3n) is 5.13. The summed E-state index contributed by atoms with van der Waals surface area (Å²) >= 11 is 0. The molecule has 0 amide bonds. The highest BCUT2D eigenvalue weighted by Gasteiger charge is 2.08. The topological polar surface area (TPSA) is 80.4 Å². The summed E-state index contributed by atoms with van der Waals surface area (Å²) in [6.07, 6.45) is 4.62. The molecular formula is C25H27NO3. The molecule has 0 heterocycles. The van der Waals surface area contributed by atoms with Crippen LogP contribution < -0.4 is 5.73 Å². The van der Waals surface area contributed by atoms with Gasteiger partial charge in [-0.05, 0) is 71.8 Å². The molecule has 0 saturated carbocycles.